The van der Waals surface area contributed by atoms with Crippen LogP contribution < -0.4 is 11.2 Å². The number of hydrogen-bond donors (Lipinski definition) is 1. The molecule has 0 saturated carbocycles. The van der Waals surface area contributed by atoms with Crippen LogP contribution in [0.4, 0.5) is 0 Å². The van der Waals surface area contributed by atoms with Crippen molar-refractivity contribution in [3.8, 4) is 0 Å². The number of likely N-dealkylation sites (tertiary alicyclic amines) is 1. The summed E-state index contributed by atoms with van der Waals surface area (Å²) in [7, 11) is 1.81. The van der Waals surface area contributed by atoms with Crippen LogP contribution in [-0.2, 0) is 11.3 Å². The van der Waals surface area contributed by atoms with E-state index in [4.69, 9.17) is 0 Å². The van der Waals surface area contributed by atoms with Crippen LogP contribution in [0.25, 0.3) is 0 Å². The van der Waals surface area contributed by atoms with Gasteiger partial charge in [-0.25, -0.2) is 4.79 Å². The standard InChI is InChI=1S/C15H24N4O3/c1-3-18-7-4-12(11-18)10-17(2)14(21)6-9-19-8-5-13(20)16-15(19)22/h5,8,12H,3-4,6-7,9-11H2,1-2H3,(H,16,20,22)/t12-/m1/s1. The molecule has 1 aromatic rings. The summed E-state index contributed by atoms with van der Waals surface area (Å²) in [5, 5.41) is 0. The second-order valence-electron chi connectivity index (χ2n) is 5.88. The molecule has 0 unspecified atom stereocenters. The highest BCUT2D eigenvalue weighted by atomic mass is 16.2. The second kappa shape index (κ2) is 7.40. The Morgan fingerprint density at radius 2 is 2.23 bits per heavy atom. The number of amides is 1. The summed E-state index contributed by atoms with van der Waals surface area (Å²) in [5.41, 5.74) is -0.899. The summed E-state index contributed by atoms with van der Waals surface area (Å²) < 4.78 is 1.35. The number of aromatic amines is 1. The number of nitrogens with zero attached hydrogens (tertiary/aromatic N) is 3. The van der Waals surface area contributed by atoms with Gasteiger partial charge in [-0.2, -0.15) is 0 Å². The minimum atomic E-state index is -0.475. The fourth-order valence-corrected chi connectivity index (χ4v) is 2.87. The number of carbonyl (C=O) groups excluding carboxylic acids is 1. The lowest BCUT2D eigenvalue weighted by molar-refractivity contribution is -0.130. The van der Waals surface area contributed by atoms with Gasteiger partial charge in [-0.15, -0.1) is 0 Å². The monoisotopic (exact) mass is 308 g/mol. The summed E-state index contributed by atoms with van der Waals surface area (Å²) >= 11 is 0. The van der Waals surface area contributed by atoms with E-state index >= 15 is 0 Å². The largest absolute Gasteiger partial charge is 0.345 e. The molecule has 1 aromatic heterocycles. The average molecular weight is 308 g/mol. The summed E-state index contributed by atoms with van der Waals surface area (Å²) in [4.78, 5) is 41.0. The van der Waals surface area contributed by atoms with Crippen molar-refractivity contribution in [3.63, 3.8) is 0 Å². The molecule has 1 aliphatic heterocycles. The minimum Gasteiger partial charge on any atom is -0.345 e. The van der Waals surface area contributed by atoms with Crippen LogP contribution in [0, 0.1) is 5.92 Å². The van der Waals surface area contributed by atoms with Gasteiger partial charge in [-0.3, -0.25) is 14.6 Å². The Morgan fingerprint density at radius 1 is 1.45 bits per heavy atom. The lowest BCUT2D eigenvalue weighted by Gasteiger charge is -2.21. The highest BCUT2D eigenvalue weighted by Crippen LogP contribution is 2.16. The first kappa shape index (κ1) is 16.5. The minimum absolute atomic E-state index is 0.0213. The van der Waals surface area contributed by atoms with Crippen molar-refractivity contribution in [2.75, 3.05) is 33.2 Å². The maximum Gasteiger partial charge on any atom is 0.328 e. The Kier molecular flexibility index (Phi) is 5.54. The average Bonchev–Trinajstić information content (AvgIpc) is 2.93. The number of aryl methyl sites for hydroxylation is 1. The molecule has 1 N–H and O–H groups in total. The second-order valence-corrected chi connectivity index (χ2v) is 5.88. The Morgan fingerprint density at radius 3 is 2.86 bits per heavy atom. The van der Waals surface area contributed by atoms with Crippen LogP contribution in [0.5, 0.6) is 0 Å². The Balaban J connectivity index is 1.81. The molecule has 0 aliphatic carbocycles. The van der Waals surface area contributed by atoms with Gasteiger partial charge in [0.2, 0.25) is 5.91 Å². The van der Waals surface area contributed by atoms with Crippen molar-refractivity contribution in [1.82, 2.24) is 19.4 Å². The third kappa shape index (κ3) is 4.30. The molecule has 0 aromatic carbocycles. The van der Waals surface area contributed by atoms with Gasteiger partial charge in [0, 0.05) is 45.4 Å². The van der Waals surface area contributed by atoms with E-state index < -0.39 is 11.2 Å². The molecule has 1 atom stereocenters. The molecular formula is C15H24N4O3. The lowest BCUT2D eigenvalue weighted by atomic mass is 10.1. The van der Waals surface area contributed by atoms with Gasteiger partial charge < -0.3 is 14.4 Å². The van der Waals surface area contributed by atoms with Crippen LogP contribution in [0.1, 0.15) is 19.8 Å². The Hall–Kier alpha value is -1.89. The molecule has 2 heterocycles. The Labute approximate surface area is 129 Å². The quantitative estimate of drug-likeness (QED) is 0.784. The van der Waals surface area contributed by atoms with E-state index in [2.05, 4.69) is 16.8 Å². The molecule has 2 rings (SSSR count). The zero-order chi connectivity index (χ0) is 16.1. The summed E-state index contributed by atoms with van der Waals surface area (Å²) in [6.45, 7) is 6.41. The van der Waals surface area contributed by atoms with Crippen LogP contribution in [-0.4, -0.2) is 58.5 Å². The fraction of sp³-hybridized carbons (Fsp3) is 0.667. The van der Waals surface area contributed by atoms with E-state index in [1.54, 1.807) is 4.90 Å². The van der Waals surface area contributed by atoms with Crippen LogP contribution in [0.3, 0.4) is 0 Å². The summed E-state index contributed by atoms with van der Waals surface area (Å²) in [6.07, 6.45) is 2.81. The van der Waals surface area contributed by atoms with Crippen molar-refractivity contribution in [1.29, 1.82) is 0 Å². The molecule has 1 amide bonds. The molecular weight excluding hydrogens is 284 g/mol. The zero-order valence-electron chi connectivity index (χ0n) is 13.2. The number of H-pyrrole nitrogens is 1. The topological polar surface area (TPSA) is 78.4 Å². The molecule has 7 heteroatoms. The summed E-state index contributed by atoms with van der Waals surface area (Å²) in [6, 6.07) is 1.29. The first-order valence-corrected chi connectivity index (χ1v) is 7.75. The molecule has 1 aliphatic rings. The predicted molar refractivity (Wildman–Crippen MR) is 83.8 cm³/mol. The van der Waals surface area contributed by atoms with Crippen LogP contribution >= 0.6 is 0 Å². The maximum absolute atomic E-state index is 12.2. The number of rotatable bonds is 6. The van der Waals surface area contributed by atoms with Gasteiger partial charge in [-0.05, 0) is 25.4 Å². The SMILES string of the molecule is CCN1CC[C@H](CN(C)C(=O)CCn2ccc(=O)[nH]c2=O)C1. The van der Waals surface area contributed by atoms with Crippen LogP contribution in [0.2, 0.25) is 0 Å². The van der Waals surface area contributed by atoms with E-state index in [-0.39, 0.29) is 18.9 Å². The van der Waals surface area contributed by atoms with Crippen molar-refractivity contribution in [2.24, 2.45) is 5.92 Å². The summed E-state index contributed by atoms with van der Waals surface area (Å²) in [5.74, 6) is 0.553. The molecule has 1 saturated heterocycles. The number of hydrogen-bond acceptors (Lipinski definition) is 4. The molecule has 7 nitrogen and oxygen atoms in total. The molecule has 22 heavy (non-hydrogen) atoms. The predicted octanol–water partition coefficient (Wildman–Crippen LogP) is -0.273. The number of nitrogens with one attached hydrogen (secondary N) is 1. The van der Waals surface area contributed by atoms with Gasteiger partial charge in [0.25, 0.3) is 5.56 Å². The fourth-order valence-electron chi connectivity index (χ4n) is 2.87. The lowest BCUT2D eigenvalue weighted by Crippen LogP contribution is -2.35. The van der Waals surface area contributed by atoms with E-state index in [1.165, 1.54) is 16.8 Å². The van der Waals surface area contributed by atoms with Crippen molar-refractivity contribution < 1.29 is 4.79 Å². The van der Waals surface area contributed by atoms with Gasteiger partial charge in [0.05, 0.1) is 0 Å². The highest BCUT2D eigenvalue weighted by Gasteiger charge is 2.23. The number of carbonyl (C=O) groups is 1. The van der Waals surface area contributed by atoms with Crippen LogP contribution in [0.15, 0.2) is 21.9 Å². The van der Waals surface area contributed by atoms with E-state index in [0.29, 0.717) is 5.92 Å². The maximum atomic E-state index is 12.2. The van der Waals surface area contributed by atoms with Crippen molar-refractivity contribution >= 4 is 5.91 Å². The molecule has 122 valence electrons. The third-order valence-corrected chi connectivity index (χ3v) is 4.24. The van der Waals surface area contributed by atoms with Gasteiger partial charge in [0.15, 0.2) is 0 Å². The van der Waals surface area contributed by atoms with Gasteiger partial charge in [-0.1, -0.05) is 6.92 Å². The molecule has 0 bridgehead atoms. The van der Waals surface area contributed by atoms with E-state index in [1.807, 2.05) is 7.05 Å². The van der Waals surface area contributed by atoms with Gasteiger partial charge in [0.1, 0.15) is 0 Å². The zero-order valence-corrected chi connectivity index (χ0v) is 13.2. The number of aromatic nitrogens is 2. The van der Waals surface area contributed by atoms with E-state index in [9.17, 15) is 14.4 Å². The Bertz CT molecular complexity index is 622. The third-order valence-electron chi connectivity index (χ3n) is 4.24. The normalized spacial score (nSPS) is 18.5. The first-order chi connectivity index (χ1) is 10.5. The van der Waals surface area contributed by atoms with Crippen molar-refractivity contribution in [2.45, 2.75) is 26.3 Å². The first-order valence-electron chi connectivity index (χ1n) is 7.75. The van der Waals surface area contributed by atoms with E-state index in [0.717, 1.165) is 32.6 Å². The molecule has 0 radical (unpaired) electrons. The smallest absolute Gasteiger partial charge is 0.328 e. The molecule has 1 fully saturated rings. The highest BCUT2D eigenvalue weighted by molar-refractivity contribution is 5.75. The van der Waals surface area contributed by atoms with Crippen molar-refractivity contribution in [3.05, 3.63) is 33.1 Å². The van der Waals surface area contributed by atoms with Gasteiger partial charge >= 0.3 is 5.69 Å². The molecule has 0 spiro atoms.